The quantitative estimate of drug-likeness (QED) is 0.608. The van der Waals surface area contributed by atoms with Crippen molar-refractivity contribution in [2.75, 3.05) is 39.1 Å². The Balaban J connectivity index is 1.48. The van der Waals surface area contributed by atoms with Gasteiger partial charge in [0.2, 0.25) is 5.91 Å². The first-order chi connectivity index (χ1) is 17.2. The summed E-state index contributed by atoms with van der Waals surface area (Å²) in [5, 5.41) is 0.980. The first kappa shape index (κ1) is 26.2. The summed E-state index contributed by atoms with van der Waals surface area (Å²) >= 11 is 1.62. The monoisotopic (exact) mass is 530 g/mol. The van der Waals surface area contributed by atoms with E-state index in [9.17, 15) is 13.2 Å². The predicted octanol–water partition coefficient (Wildman–Crippen LogP) is 3.46. The van der Waals surface area contributed by atoms with Gasteiger partial charge in [0, 0.05) is 37.2 Å². The maximum atomic E-state index is 12.6. The molecule has 192 valence electrons. The van der Waals surface area contributed by atoms with Crippen molar-refractivity contribution in [2.24, 2.45) is 4.99 Å². The van der Waals surface area contributed by atoms with Crippen LogP contribution in [-0.2, 0) is 19.4 Å². The van der Waals surface area contributed by atoms with Gasteiger partial charge in [-0.1, -0.05) is 11.8 Å². The maximum absolute atomic E-state index is 12.6. The van der Waals surface area contributed by atoms with E-state index in [2.05, 4.69) is 9.97 Å². The van der Waals surface area contributed by atoms with Crippen LogP contribution in [0.1, 0.15) is 23.2 Å². The molecular weight excluding hydrogens is 500 g/mol. The fourth-order valence-electron chi connectivity index (χ4n) is 3.81. The lowest BCUT2D eigenvalue weighted by atomic mass is 10.2. The molecule has 2 aliphatic rings. The minimum atomic E-state index is -3.37. The number of aryl methyl sites for hydroxylation is 2. The summed E-state index contributed by atoms with van der Waals surface area (Å²) in [7, 11) is -3.37. The number of aromatic amines is 1. The van der Waals surface area contributed by atoms with Crippen molar-refractivity contribution in [3.05, 3.63) is 59.5 Å². The molecule has 1 amide bonds. The number of ether oxygens (including phenoxy) is 2. The van der Waals surface area contributed by atoms with Gasteiger partial charge in [-0.3, -0.25) is 9.79 Å². The van der Waals surface area contributed by atoms with Gasteiger partial charge in [-0.25, -0.2) is 13.4 Å². The summed E-state index contributed by atoms with van der Waals surface area (Å²) in [4.78, 5) is 26.5. The Morgan fingerprint density at radius 2 is 1.92 bits per heavy atom. The van der Waals surface area contributed by atoms with Gasteiger partial charge in [0.05, 0.1) is 31.6 Å². The van der Waals surface area contributed by atoms with E-state index in [1.165, 1.54) is 12.3 Å². The smallest absolute Gasteiger partial charge is 0.223 e. The molecule has 2 aromatic rings. The second-order valence-corrected chi connectivity index (χ2v) is 12.1. The average Bonchev–Trinajstić information content (AvgIpc) is 3.31. The highest BCUT2D eigenvalue weighted by Crippen LogP contribution is 2.28. The Hall–Kier alpha value is -2.89. The third kappa shape index (κ3) is 7.08. The lowest BCUT2D eigenvalue weighted by Crippen LogP contribution is -2.41. The molecule has 0 bridgehead atoms. The standard InChI is InChI=1S/C25H30N4O5S2/c1-17-10-20(34-19-4-5-23(27-15-19)36(3,31)32)11-18(2)14-26-22(12-17)25-28-16-21(35-25)13-24(30)29-6-8-33-9-7-29/h4-5,10-12,14-15,21,26H,6-9,13,16H2,1-3H3. The van der Waals surface area contributed by atoms with Crippen molar-refractivity contribution in [1.82, 2.24) is 14.9 Å². The van der Waals surface area contributed by atoms with Gasteiger partial charge in [0.1, 0.15) is 16.5 Å². The molecule has 0 aliphatic carbocycles. The van der Waals surface area contributed by atoms with Gasteiger partial charge in [-0.05, 0) is 55.3 Å². The van der Waals surface area contributed by atoms with Crippen LogP contribution in [0.4, 0.5) is 0 Å². The first-order valence-electron chi connectivity index (χ1n) is 11.6. The first-order valence-corrected chi connectivity index (χ1v) is 14.4. The highest BCUT2D eigenvalue weighted by Gasteiger charge is 2.26. The zero-order valence-corrected chi connectivity index (χ0v) is 22.2. The van der Waals surface area contributed by atoms with E-state index in [1.807, 2.05) is 43.1 Å². The third-order valence-corrected chi connectivity index (χ3v) is 7.83. The van der Waals surface area contributed by atoms with Crippen molar-refractivity contribution in [3.8, 4) is 11.5 Å². The molecule has 1 N–H and O–H groups in total. The molecule has 11 heteroatoms. The molecule has 1 unspecified atom stereocenters. The van der Waals surface area contributed by atoms with E-state index in [0.717, 1.165) is 28.1 Å². The van der Waals surface area contributed by atoms with Gasteiger partial charge in [-0.15, -0.1) is 0 Å². The van der Waals surface area contributed by atoms with E-state index in [4.69, 9.17) is 14.5 Å². The molecule has 0 spiro atoms. The summed E-state index contributed by atoms with van der Waals surface area (Å²) < 4.78 is 34.6. The topological polar surface area (TPSA) is 114 Å². The number of rotatable bonds is 6. The molecule has 2 aromatic heterocycles. The highest BCUT2D eigenvalue weighted by molar-refractivity contribution is 8.15. The summed E-state index contributed by atoms with van der Waals surface area (Å²) in [6.45, 7) is 7.01. The molecule has 9 nitrogen and oxygen atoms in total. The SMILES string of the molecule is Cc1c[nH]c(C2=NCC(CC(=O)N3CCOCC3)S2)cc(C)cc(Oc2ccc(S(C)(=O)=O)nc2)c1. The Labute approximate surface area is 215 Å². The van der Waals surface area contributed by atoms with Gasteiger partial charge >= 0.3 is 0 Å². The molecule has 36 heavy (non-hydrogen) atoms. The second kappa shape index (κ2) is 11.4. The van der Waals surface area contributed by atoms with Crippen LogP contribution in [0.2, 0.25) is 0 Å². The zero-order valence-electron chi connectivity index (χ0n) is 20.6. The summed E-state index contributed by atoms with van der Waals surface area (Å²) in [5.74, 6) is 1.18. The van der Waals surface area contributed by atoms with E-state index in [1.54, 1.807) is 17.8 Å². The molecule has 0 radical (unpaired) electrons. The van der Waals surface area contributed by atoms with Crippen molar-refractivity contribution in [2.45, 2.75) is 30.5 Å². The summed E-state index contributed by atoms with van der Waals surface area (Å²) in [6.07, 6.45) is 4.85. The molecule has 4 rings (SSSR count). The number of hydrogen-bond donors (Lipinski definition) is 1. The van der Waals surface area contributed by atoms with Crippen LogP contribution in [0.3, 0.4) is 0 Å². The Morgan fingerprint density at radius 3 is 2.61 bits per heavy atom. The van der Waals surface area contributed by atoms with Gasteiger partial charge in [0.15, 0.2) is 14.9 Å². The molecule has 1 atom stereocenters. The fraction of sp³-hybridized carbons (Fsp3) is 0.400. The fourth-order valence-corrected chi connectivity index (χ4v) is 5.45. The Morgan fingerprint density at radius 1 is 1.17 bits per heavy atom. The third-order valence-electron chi connectivity index (χ3n) is 5.61. The lowest BCUT2D eigenvalue weighted by Gasteiger charge is -2.27. The lowest BCUT2D eigenvalue weighted by molar-refractivity contribution is -0.135. The number of aromatic nitrogens is 2. The van der Waals surface area contributed by atoms with Gasteiger partial charge in [0.25, 0.3) is 0 Å². The highest BCUT2D eigenvalue weighted by atomic mass is 32.2. The van der Waals surface area contributed by atoms with Crippen molar-refractivity contribution in [1.29, 1.82) is 0 Å². The van der Waals surface area contributed by atoms with Crippen LogP contribution < -0.4 is 4.74 Å². The number of morpholine rings is 1. The predicted molar refractivity (Wildman–Crippen MR) is 140 cm³/mol. The number of nitrogens with zero attached hydrogens (tertiary/aromatic N) is 3. The van der Waals surface area contributed by atoms with E-state index in [-0.39, 0.29) is 16.2 Å². The minimum absolute atomic E-state index is 0.00217. The number of H-pyrrole nitrogens is 1. The molecule has 1 saturated heterocycles. The number of carbonyl (C=O) groups excluding carboxylic acids is 1. The second-order valence-electron chi connectivity index (χ2n) is 8.82. The van der Waals surface area contributed by atoms with Crippen LogP contribution in [-0.4, -0.2) is 78.6 Å². The van der Waals surface area contributed by atoms with Crippen LogP contribution in [0.5, 0.6) is 11.5 Å². The molecule has 0 saturated carbocycles. The number of pyridine rings is 1. The molecule has 2 aliphatic heterocycles. The number of thioether (sulfide) groups is 1. The summed E-state index contributed by atoms with van der Waals surface area (Å²) in [5.41, 5.74) is 2.72. The minimum Gasteiger partial charge on any atom is -0.456 e. The maximum Gasteiger partial charge on any atom is 0.223 e. The normalized spacial score (nSPS) is 17.9. The molecular formula is C25H30N4O5S2. The van der Waals surface area contributed by atoms with Crippen molar-refractivity contribution >= 4 is 32.6 Å². The van der Waals surface area contributed by atoms with E-state index >= 15 is 0 Å². The molecule has 0 aromatic carbocycles. The number of amides is 1. The average molecular weight is 531 g/mol. The van der Waals surface area contributed by atoms with Crippen LogP contribution in [0, 0.1) is 13.8 Å². The molecule has 4 heterocycles. The van der Waals surface area contributed by atoms with Crippen LogP contribution in [0.15, 0.2) is 52.7 Å². The largest absolute Gasteiger partial charge is 0.456 e. The Kier molecular flexibility index (Phi) is 8.32. The number of sulfone groups is 1. The number of nitrogens with one attached hydrogen (secondary N) is 1. The zero-order chi connectivity index (χ0) is 25.7. The molecule has 1 fully saturated rings. The number of aliphatic imine (C=N–C) groups is 1. The van der Waals surface area contributed by atoms with Crippen molar-refractivity contribution in [3.63, 3.8) is 0 Å². The summed E-state index contributed by atoms with van der Waals surface area (Å²) in [6, 6.07) is 8.78. The van der Waals surface area contributed by atoms with Crippen LogP contribution in [0.25, 0.3) is 0 Å². The Bertz CT molecular complexity index is 1300. The number of hydrogen-bond acceptors (Lipinski definition) is 8. The van der Waals surface area contributed by atoms with Gasteiger partial charge < -0.3 is 19.4 Å². The van der Waals surface area contributed by atoms with E-state index < -0.39 is 9.84 Å². The van der Waals surface area contributed by atoms with Gasteiger partial charge in [-0.2, -0.15) is 0 Å². The number of carbonyl (C=O) groups is 1. The van der Waals surface area contributed by atoms with Crippen molar-refractivity contribution < 1.29 is 22.7 Å². The van der Waals surface area contributed by atoms with E-state index in [0.29, 0.717) is 50.8 Å². The van der Waals surface area contributed by atoms with Crippen LogP contribution >= 0.6 is 11.8 Å².